The lowest BCUT2D eigenvalue weighted by Crippen LogP contribution is -2.22. The van der Waals surface area contributed by atoms with Crippen LogP contribution in [-0.4, -0.2) is 56.5 Å². The number of hydrogen-bond acceptors (Lipinski definition) is 8. The molecule has 3 N–H and O–H groups in total. The minimum Gasteiger partial charge on any atom is -0.512 e. The fourth-order valence-corrected chi connectivity index (χ4v) is 10.1. The van der Waals surface area contributed by atoms with Crippen molar-refractivity contribution in [2.24, 2.45) is 5.92 Å². The zero-order chi connectivity index (χ0) is 47.3. The van der Waals surface area contributed by atoms with Crippen molar-refractivity contribution >= 4 is 51.1 Å². The number of allylic oxidation sites excluding steroid dienone is 5. The Balaban J connectivity index is 1.28. The van der Waals surface area contributed by atoms with E-state index in [0.29, 0.717) is 39.6 Å². The van der Waals surface area contributed by atoms with Crippen molar-refractivity contribution in [3.05, 3.63) is 103 Å². The highest BCUT2D eigenvalue weighted by Crippen LogP contribution is 2.41. The van der Waals surface area contributed by atoms with Gasteiger partial charge in [-0.25, -0.2) is 4.79 Å². The smallest absolute Gasteiger partial charge is 0.342 e. The van der Waals surface area contributed by atoms with Crippen LogP contribution < -0.4 is 10.4 Å². The summed E-state index contributed by atoms with van der Waals surface area (Å²) >= 11 is 0. The van der Waals surface area contributed by atoms with E-state index >= 15 is 0 Å². The summed E-state index contributed by atoms with van der Waals surface area (Å²) in [6.07, 6.45) is 15.9. The molecule has 2 aliphatic heterocycles. The number of hydrogen-bond donors (Lipinski definition) is 3. The van der Waals surface area contributed by atoms with E-state index in [4.69, 9.17) is 19.4 Å². The van der Waals surface area contributed by atoms with Crippen LogP contribution in [0.2, 0.25) is 0 Å². The Hall–Kier alpha value is -5.51. The SMILES string of the molecule is CC[C@H]1c2cc3[nH]c4c(c3C)C(=O)C(C(=O)OC)=c4c3nc(cc4[nH]c(cc(n2)[C@@H]1C)c(=C(C)O)c4C)[C@@H](C)[C@@H]3CCC(=O)OC/C=C(\C)CCC[C@H](C)CC/C=C(\C)CCC=C(C)C. The third-order valence-electron chi connectivity index (χ3n) is 14.1. The number of ketones is 1. The molecule has 0 saturated heterocycles. The number of H-pyrrole nitrogens is 2. The molecule has 0 amide bonds. The summed E-state index contributed by atoms with van der Waals surface area (Å²) in [6.45, 7) is 23.1. The number of carbonyl (C=O) groups excluding carboxylic acids is 3. The van der Waals surface area contributed by atoms with Gasteiger partial charge in [-0.05, 0) is 141 Å². The van der Waals surface area contributed by atoms with E-state index in [-0.39, 0.29) is 54.0 Å². The van der Waals surface area contributed by atoms with E-state index in [1.165, 1.54) is 30.2 Å². The van der Waals surface area contributed by atoms with Gasteiger partial charge in [0.05, 0.1) is 35.2 Å². The van der Waals surface area contributed by atoms with Gasteiger partial charge in [0.1, 0.15) is 12.2 Å². The second kappa shape index (κ2) is 21.2. The molecule has 0 saturated carbocycles. The first-order valence-corrected chi connectivity index (χ1v) is 23.9. The first-order valence-electron chi connectivity index (χ1n) is 23.9. The Morgan fingerprint density at radius 1 is 0.815 bits per heavy atom. The number of aliphatic hydroxyl groups excluding tert-OH is 1. The van der Waals surface area contributed by atoms with Crippen LogP contribution in [-0.2, 0) is 19.1 Å². The summed E-state index contributed by atoms with van der Waals surface area (Å²) in [6, 6.07) is 6.04. The number of nitrogens with zero attached hydrogens (tertiary/aromatic N) is 2. The molecule has 0 spiro atoms. The Kier molecular flexibility index (Phi) is 16.0. The normalized spacial score (nSPS) is 19.4. The van der Waals surface area contributed by atoms with Crippen molar-refractivity contribution in [1.29, 1.82) is 0 Å². The molecule has 0 unspecified atom stereocenters. The highest BCUT2D eigenvalue weighted by atomic mass is 16.5. The number of Topliss-reactive ketones (excluding diaryl/α,β-unsaturated/α-hetero) is 1. The maximum Gasteiger partial charge on any atom is 0.342 e. The predicted molar refractivity (Wildman–Crippen MR) is 262 cm³/mol. The third-order valence-corrected chi connectivity index (χ3v) is 14.1. The molecule has 6 rings (SSSR count). The molecule has 10 nitrogen and oxygen atoms in total. The van der Waals surface area contributed by atoms with E-state index in [0.717, 1.165) is 89.7 Å². The van der Waals surface area contributed by atoms with Gasteiger partial charge in [0.25, 0.3) is 0 Å². The molecular formula is C55H72N4O6. The first-order chi connectivity index (χ1) is 30.9. The Morgan fingerprint density at radius 2 is 1.48 bits per heavy atom. The molecule has 0 fully saturated rings. The Bertz CT molecular complexity index is 2720. The van der Waals surface area contributed by atoms with Gasteiger partial charge in [0.2, 0.25) is 5.78 Å². The van der Waals surface area contributed by atoms with Gasteiger partial charge in [-0.2, -0.15) is 0 Å². The second-order valence-electron chi connectivity index (χ2n) is 19.3. The van der Waals surface area contributed by atoms with Gasteiger partial charge >= 0.3 is 11.9 Å². The van der Waals surface area contributed by atoms with Gasteiger partial charge in [-0.1, -0.05) is 63.0 Å². The fourth-order valence-electron chi connectivity index (χ4n) is 10.1. The molecule has 5 atom stereocenters. The maximum atomic E-state index is 14.4. The molecule has 3 aromatic heterocycles. The lowest BCUT2D eigenvalue weighted by Gasteiger charge is -2.16. The highest BCUT2D eigenvalue weighted by Gasteiger charge is 2.38. The molecule has 3 aromatic rings. The maximum absolute atomic E-state index is 14.4. The molecule has 8 bridgehead atoms. The minimum atomic E-state index is -0.733. The van der Waals surface area contributed by atoms with Crippen LogP contribution in [0, 0.1) is 19.8 Å². The van der Waals surface area contributed by atoms with Crippen LogP contribution in [0.4, 0.5) is 0 Å². The number of aromatic nitrogens is 4. The quantitative estimate of drug-likeness (QED) is 0.0897. The van der Waals surface area contributed by atoms with Gasteiger partial charge in [-0.15, -0.1) is 0 Å². The number of aryl methyl sites for hydroxylation is 2. The van der Waals surface area contributed by atoms with Crippen molar-refractivity contribution in [3.63, 3.8) is 0 Å². The summed E-state index contributed by atoms with van der Waals surface area (Å²) in [4.78, 5) is 58.9. The number of carbonyl (C=O) groups is 3. The van der Waals surface area contributed by atoms with Gasteiger partial charge in [0.15, 0.2) is 0 Å². The van der Waals surface area contributed by atoms with E-state index in [2.05, 4.69) is 77.5 Å². The molecule has 0 radical (unpaired) electrons. The standard InChI is InChI=1S/C55H72N4O6/c1-13-39-34(7)41-29-46-48(38(11)60)36(9)43(57-46)27-42-35(8)40(52(58-42)50-51(55(63)64-12)54(62)49-37(10)44(59-53(49)50)28-45(39)56-41)23-24-47(61)65-26-25-33(6)22-16-21-32(5)20-15-19-31(4)18-14-17-30(2)3/h17,19,25,27-29,32,34-35,39-40,57,59-60H,13-16,18,20-24,26H2,1-12H3/b31-19+,33-25+,42-27?,45-28?,46-29?,48-38?/t32-,34-,35+,39-,40+/m1/s1. The van der Waals surface area contributed by atoms with E-state index in [1.54, 1.807) is 6.92 Å². The summed E-state index contributed by atoms with van der Waals surface area (Å²) in [5, 5.41) is 12.1. The Labute approximate surface area is 385 Å². The van der Waals surface area contributed by atoms with Crippen LogP contribution in [0.25, 0.3) is 33.4 Å². The molecule has 0 aromatic carbocycles. The lowest BCUT2D eigenvalue weighted by atomic mass is 9.86. The number of nitrogens with one attached hydrogen (secondary N) is 2. The number of aromatic amines is 2. The summed E-state index contributed by atoms with van der Waals surface area (Å²) in [7, 11) is 1.28. The van der Waals surface area contributed by atoms with E-state index < -0.39 is 11.8 Å². The van der Waals surface area contributed by atoms with Gasteiger partial charge in [0, 0.05) is 68.6 Å². The molecule has 10 heteroatoms. The van der Waals surface area contributed by atoms with E-state index in [9.17, 15) is 19.5 Å². The van der Waals surface area contributed by atoms with Crippen molar-refractivity contribution in [3.8, 4) is 0 Å². The highest BCUT2D eigenvalue weighted by molar-refractivity contribution is 6.48. The largest absolute Gasteiger partial charge is 0.512 e. The monoisotopic (exact) mass is 885 g/mol. The first kappa shape index (κ1) is 48.9. The predicted octanol–water partition coefficient (Wildman–Crippen LogP) is 11.9. The number of esters is 2. The average molecular weight is 885 g/mol. The van der Waals surface area contributed by atoms with Crippen LogP contribution >= 0.6 is 0 Å². The molecule has 65 heavy (non-hydrogen) atoms. The van der Waals surface area contributed by atoms with Gasteiger partial charge in [-0.3, -0.25) is 19.6 Å². The van der Waals surface area contributed by atoms with Crippen molar-refractivity contribution in [2.75, 3.05) is 13.7 Å². The number of methoxy groups -OCH3 is 1. The zero-order valence-electron chi connectivity index (χ0n) is 41.0. The number of ether oxygens (including phenoxy) is 2. The van der Waals surface area contributed by atoms with Gasteiger partial charge < -0.3 is 24.5 Å². The minimum absolute atomic E-state index is 0.0634. The average Bonchev–Trinajstić information content (AvgIpc) is 4.00. The van der Waals surface area contributed by atoms with E-state index in [1.807, 2.05) is 38.1 Å². The van der Waals surface area contributed by atoms with Crippen molar-refractivity contribution in [1.82, 2.24) is 19.9 Å². The van der Waals surface area contributed by atoms with Crippen LogP contribution in [0.1, 0.15) is 194 Å². The van der Waals surface area contributed by atoms with Crippen molar-refractivity contribution < 1.29 is 29.0 Å². The fraction of sp³-hybridized carbons (Fsp3) is 0.509. The number of aliphatic hydroxyl groups is 1. The molecule has 348 valence electrons. The summed E-state index contributed by atoms with van der Waals surface area (Å²) in [5.74, 6) is -0.948. The van der Waals surface area contributed by atoms with Crippen LogP contribution in [0.5, 0.6) is 0 Å². The topological polar surface area (TPSA) is 147 Å². The zero-order valence-corrected chi connectivity index (χ0v) is 41.0. The van der Waals surface area contributed by atoms with Crippen LogP contribution in [0.15, 0.2) is 53.1 Å². The summed E-state index contributed by atoms with van der Waals surface area (Å²) in [5.41, 5.74) is 11.9. The summed E-state index contributed by atoms with van der Waals surface area (Å²) < 4.78 is 11.0. The molecular weight excluding hydrogens is 813 g/mol. The lowest BCUT2D eigenvalue weighted by molar-refractivity contribution is -0.142. The van der Waals surface area contributed by atoms with Crippen molar-refractivity contribution in [2.45, 2.75) is 164 Å². The second-order valence-corrected chi connectivity index (χ2v) is 19.3. The molecule has 3 aliphatic rings. The molecule has 1 aliphatic carbocycles. The third kappa shape index (κ3) is 10.8. The number of fused-ring (bicyclic) bond motifs is 8. The number of rotatable bonds is 17. The Morgan fingerprint density at radius 3 is 2.17 bits per heavy atom. The van der Waals surface area contributed by atoms with Crippen LogP contribution in [0.3, 0.4) is 0 Å². The molecule has 5 heterocycles.